The number of nitrogens with one attached hydrogen (secondary N) is 1. The molecule has 190 valence electrons. The maximum atomic E-state index is 11.6. The molecule has 7 nitrogen and oxygen atoms in total. The minimum atomic E-state index is -1.05. The Morgan fingerprint density at radius 1 is 0.921 bits per heavy atom. The van der Waals surface area contributed by atoms with Gasteiger partial charge in [0, 0.05) is 35.6 Å². The fourth-order valence-corrected chi connectivity index (χ4v) is 4.76. The quantitative estimate of drug-likeness (QED) is 0.190. The lowest BCUT2D eigenvalue weighted by molar-refractivity contribution is 0.0696. The number of benzene rings is 4. The molecule has 0 saturated heterocycles. The van der Waals surface area contributed by atoms with E-state index in [4.69, 9.17) is 0 Å². The first kappa shape index (κ1) is 24.6. The Morgan fingerprint density at radius 2 is 1.66 bits per heavy atom. The molecule has 0 aliphatic rings. The Morgan fingerprint density at radius 3 is 2.37 bits per heavy atom. The monoisotopic (exact) mass is 505 g/mol. The van der Waals surface area contributed by atoms with Crippen LogP contribution in [0.3, 0.4) is 0 Å². The summed E-state index contributed by atoms with van der Waals surface area (Å²) in [5.41, 5.74) is 6.68. The summed E-state index contributed by atoms with van der Waals surface area (Å²) in [6.45, 7) is 4.03. The molecule has 0 amide bonds. The summed E-state index contributed by atoms with van der Waals surface area (Å²) in [6, 6.07) is 23.5. The number of fused-ring (bicyclic) bond motifs is 1. The average molecular weight is 506 g/mol. The molecule has 0 unspecified atom stereocenters. The number of para-hydroxylation sites is 1. The smallest absolute Gasteiger partial charge is 0.335 e. The van der Waals surface area contributed by atoms with Crippen LogP contribution in [-0.4, -0.2) is 39.1 Å². The second-order valence-corrected chi connectivity index (χ2v) is 9.22. The number of hydrogen-bond acceptors (Lipinski definition) is 5. The van der Waals surface area contributed by atoms with Crippen molar-refractivity contribution in [1.29, 1.82) is 0 Å². The number of rotatable bonds is 6. The van der Waals surface area contributed by atoms with Crippen LogP contribution < -0.4 is 5.32 Å². The Bertz CT molecular complexity index is 1710. The number of anilines is 1. The van der Waals surface area contributed by atoms with Crippen LogP contribution in [0.25, 0.3) is 27.7 Å². The van der Waals surface area contributed by atoms with Crippen molar-refractivity contribution in [2.75, 3.05) is 12.4 Å². The summed E-state index contributed by atoms with van der Waals surface area (Å²) in [5, 5.41) is 35.7. The largest absolute Gasteiger partial charge is 0.505 e. The zero-order chi connectivity index (χ0) is 27.0. The van der Waals surface area contributed by atoms with Crippen LogP contribution in [0, 0.1) is 13.8 Å². The number of carbonyl (C=O) groups is 1. The first-order chi connectivity index (χ1) is 18.3. The minimum absolute atomic E-state index is 0.0436. The Balaban J connectivity index is 1.65. The standard InChI is InChI=1S/C31H27N3O4/c1-18-12-19(2)14-21(13-18)24-8-5-9-27(29(24)35)33-17-26-25-16-22(32-3)10-11-28(25)34(30(26)36)23-7-4-6-20(15-23)31(37)38/h4-17,32,35-36H,1-3H3,(H,37,38). The molecule has 0 aliphatic carbocycles. The third-order valence-electron chi connectivity index (χ3n) is 6.50. The molecule has 0 aliphatic heterocycles. The van der Waals surface area contributed by atoms with E-state index in [0.29, 0.717) is 33.4 Å². The SMILES string of the molecule is CNc1ccc2c(c1)c(C=Nc1cccc(-c3cc(C)cc(C)c3)c1O)c(O)n2-c1cccc(C(=O)O)c1. The molecule has 5 aromatic rings. The van der Waals surface area contributed by atoms with Gasteiger partial charge in [-0.05, 0) is 61.9 Å². The lowest BCUT2D eigenvalue weighted by Gasteiger charge is -2.09. The average Bonchev–Trinajstić information content (AvgIpc) is 3.17. The van der Waals surface area contributed by atoms with Crippen LogP contribution in [0.4, 0.5) is 11.4 Å². The molecule has 0 saturated carbocycles. The number of aromatic nitrogens is 1. The summed E-state index contributed by atoms with van der Waals surface area (Å²) >= 11 is 0. The highest BCUT2D eigenvalue weighted by Gasteiger charge is 2.19. The van der Waals surface area contributed by atoms with Crippen LogP contribution in [0.15, 0.2) is 83.9 Å². The van der Waals surface area contributed by atoms with Crippen molar-refractivity contribution in [1.82, 2.24) is 4.57 Å². The number of phenolic OH excluding ortho intramolecular Hbond substituents is 1. The van der Waals surface area contributed by atoms with Crippen molar-refractivity contribution in [2.24, 2.45) is 4.99 Å². The highest BCUT2D eigenvalue weighted by molar-refractivity contribution is 6.05. The number of hydrogen-bond donors (Lipinski definition) is 4. The number of aromatic carboxylic acids is 1. The maximum absolute atomic E-state index is 11.6. The van der Waals surface area contributed by atoms with E-state index >= 15 is 0 Å². The normalized spacial score (nSPS) is 11.3. The number of nitrogens with zero attached hydrogens (tertiary/aromatic N) is 2. The van der Waals surface area contributed by atoms with E-state index in [2.05, 4.69) is 16.4 Å². The summed E-state index contributed by atoms with van der Waals surface area (Å²) in [6.07, 6.45) is 1.52. The number of aromatic hydroxyl groups is 2. The van der Waals surface area contributed by atoms with E-state index in [0.717, 1.165) is 22.4 Å². The molecule has 0 atom stereocenters. The molecule has 1 heterocycles. The molecule has 1 aromatic heterocycles. The van der Waals surface area contributed by atoms with Crippen molar-refractivity contribution in [3.8, 4) is 28.4 Å². The van der Waals surface area contributed by atoms with E-state index in [1.807, 2.05) is 56.3 Å². The van der Waals surface area contributed by atoms with Crippen molar-refractivity contribution in [3.05, 3.63) is 101 Å². The predicted molar refractivity (Wildman–Crippen MR) is 152 cm³/mol. The molecule has 7 heteroatoms. The fourth-order valence-electron chi connectivity index (χ4n) is 4.76. The van der Waals surface area contributed by atoms with Crippen LogP contribution in [0.5, 0.6) is 11.6 Å². The summed E-state index contributed by atoms with van der Waals surface area (Å²) < 4.78 is 1.59. The highest BCUT2D eigenvalue weighted by Crippen LogP contribution is 2.39. The Kier molecular flexibility index (Phi) is 6.34. The zero-order valence-electron chi connectivity index (χ0n) is 21.2. The molecule has 0 bridgehead atoms. The molecule has 0 fully saturated rings. The second kappa shape index (κ2) is 9.78. The van der Waals surface area contributed by atoms with Crippen LogP contribution in [0.1, 0.15) is 27.0 Å². The molecule has 4 aromatic carbocycles. The lowest BCUT2D eigenvalue weighted by atomic mass is 9.99. The maximum Gasteiger partial charge on any atom is 0.335 e. The van der Waals surface area contributed by atoms with Crippen molar-refractivity contribution >= 4 is 34.5 Å². The molecular weight excluding hydrogens is 478 g/mol. The first-order valence-corrected chi connectivity index (χ1v) is 12.1. The van der Waals surface area contributed by atoms with Crippen LogP contribution in [0.2, 0.25) is 0 Å². The van der Waals surface area contributed by atoms with E-state index in [1.54, 1.807) is 29.8 Å². The number of carboxylic acids is 1. The van der Waals surface area contributed by atoms with Crippen molar-refractivity contribution in [3.63, 3.8) is 0 Å². The van der Waals surface area contributed by atoms with Gasteiger partial charge in [0.1, 0.15) is 11.4 Å². The molecule has 0 radical (unpaired) electrons. The van der Waals surface area contributed by atoms with Gasteiger partial charge in [0.25, 0.3) is 0 Å². The molecule has 5 rings (SSSR count). The summed E-state index contributed by atoms with van der Waals surface area (Å²) in [4.78, 5) is 16.1. The number of phenols is 1. The van der Waals surface area contributed by atoms with Crippen molar-refractivity contribution < 1.29 is 20.1 Å². The van der Waals surface area contributed by atoms with Gasteiger partial charge < -0.3 is 20.6 Å². The van der Waals surface area contributed by atoms with Gasteiger partial charge in [-0.2, -0.15) is 0 Å². The Hall–Kier alpha value is -5.04. The lowest BCUT2D eigenvalue weighted by Crippen LogP contribution is -1.99. The van der Waals surface area contributed by atoms with Gasteiger partial charge in [-0.1, -0.05) is 47.5 Å². The zero-order valence-corrected chi connectivity index (χ0v) is 21.2. The number of aliphatic imine (C=N–C) groups is 1. The minimum Gasteiger partial charge on any atom is -0.505 e. The van der Waals surface area contributed by atoms with Gasteiger partial charge in [-0.25, -0.2) is 4.79 Å². The van der Waals surface area contributed by atoms with Gasteiger partial charge in [0.15, 0.2) is 0 Å². The van der Waals surface area contributed by atoms with Crippen LogP contribution in [-0.2, 0) is 0 Å². The van der Waals surface area contributed by atoms with E-state index < -0.39 is 5.97 Å². The second-order valence-electron chi connectivity index (χ2n) is 9.22. The number of aryl methyl sites for hydroxylation is 2. The fraction of sp³-hybridized carbons (Fsp3) is 0.0968. The molecular formula is C31H27N3O4. The third kappa shape index (κ3) is 4.46. The number of carboxylic acid groups (broad SMARTS) is 1. The van der Waals surface area contributed by atoms with Crippen LogP contribution >= 0.6 is 0 Å². The van der Waals surface area contributed by atoms with Gasteiger partial charge in [0.2, 0.25) is 5.88 Å². The van der Waals surface area contributed by atoms with Gasteiger partial charge in [0.05, 0.1) is 16.6 Å². The topological polar surface area (TPSA) is 107 Å². The molecule has 4 N–H and O–H groups in total. The van der Waals surface area contributed by atoms with Gasteiger partial charge in [-0.15, -0.1) is 0 Å². The highest BCUT2D eigenvalue weighted by atomic mass is 16.4. The molecule has 38 heavy (non-hydrogen) atoms. The van der Waals surface area contributed by atoms with E-state index in [1.165, 1.54) is 18.3 Å². The third-order valence-corrected chi connectivity index (χ3v) is 6.50. The summed E-state index contributed by atoms with van der Waals surface area (Å²) in [7, 11) is 1.80. The van der Waals surface area contributed by atoms with Gasteiger partial charge in [-0.3, -0.25) is 9.56 Å². The predicted octanol–water partition coefficient (Wildman–Crippen LogP) is 6.82. The molecule has 0 spiro atoms. The van der Waals surface area contributed by atoms with E-state index in [-0.39, 0.29) is 17.2 Å². The van der Waals surface area contributed by atoms with E-state index in [9.17, 15) is 20.1 Å². The first-order valence-electron chi connectivity index (χ1n) is 12.1. The van der Waals surface area contributed by atoms with Crippen molar-refractivity contribution in [2.45, 2.75) is 13.8 Å². The summed E-state index contributed by atoms with van der Waals surface area (Å²) in [5.74, 6) is -1.10. The van der Waals surface area contributed by atoms with Gasteiger partial charge >= 0.3 is 5.97 Å². The Labute approximate surface area is 220 Å².